The fraction of sp³-hybridized carbons (Fsp3) is 0.391. The number of hydrogen-bond acceptors (Lipinski definition) is 4. The average molecular weight is 398 g/mol. The Kier molecular flexibility index (Phi) is 6.44. The van der Waals surface area contributed by atoms with Crippen LogP contribution in [0.4, 0.5) is 4.39 Å². The van der Waals surface area contributed by atoms with Crippen LogP contribution in [0.25, 0.3) is 0 Å². The molecule has 0 spiro atoms. The van der Waals surface area contributed by atoms with Crippen LogP contribution in [0.3, 0.4) is 0 Å². The molecule has 0 aliphatic heterocycles. The van der Waals surface area contributed by atoms with Crippen molar-refractivity contribution in [1.82, 2.24) is 9.47 Å². The third kappa shape index (κ3) is 5.56. The zero-order valence-corrected chi connectivity index (χ0v) is 16.4. The van der Waals surface area contributed by atoms with Crippen molar-refractivity contribution in [2.45, 2.75) is 44.7 Å². The SMILES string of the molecule is OC(COCc1ccco1)CN(Cc1cccn1Cc1ccccc1F)C1CC1. The second-order valence-electron chi connectivity index (χ2n) is 7.63. The molecule has 1 saturated carbocycles. The lowest BCUT2D eigenvalue weighted by molar-refractivity contribution is 0.00215. The van der Waals surface area contributed by atoms with Crippen molar-refractivity contribution >= 4 is 0 Å². The Morgan fingerprint density at radius 1 is 1.17 bits per heavy atom. The van der Waals surface area contributed by atoms with E-state index < -0.39 is 6.10 Å². The maximum atomic E-state index is 14.0. The van der Waals surface area contributed by atoms with Gasteiger partial charge in [-0.15, -0.1) is 0 Å². The number of halogens is 1. The highest BCUT2D eigenvalue weighted by molar-refractivity contribution is 5.19. The van der Waals surface area contributed by atoms with Gasteiger partial charge in [-0.25, -0.2) is 4.39 Å². The van der Waals surface area contributed by atoms with Gasteiger partial charge in [-0.05, 0) is 43.2 Å². The van der Waals surface area contributed by atoms with Crippen molar-refractivity contribution in [3.8, 4) is 0 Å². The fourth-order valence-corrected chi connectivity index (χ4v) is 3.56. The normalized spacial score (nSPS) is 15.1. The van der Waals surface area contributed by atoms with Crippen molar-refractivity contribution in [3.05, 3.63) is 83.8 Å². The Morgan fingerprint density at radius 3 is 2.79 bits per heavy atom. The molecular formula is C23H27FN2O3. The molecule has 2 aromatic heterocycles. The second kappa shape index (κ2) is 9.39. The summed E-state index contributed by atoms with van der Waals surface area (Å²) in [4.78, 5) is 2.30. The highest BCUT2D eigenvalue weighted by Crippen LogP contribution is 2.28. The predicted molar refractivity (Wildman–Crippen MR) is 108 cm³/mol. The molecule has 2 heterocycles. The van der Waals surface area contributed by atoms with Crippen LogP contribution in [0.1, 0.15) is 29.9 Å². The van der Waals surface area contributed by atoms with Gasteiger partial charge in [0, 0.05) is 36.6 Å². The van der Waals surface area contributed by atoms with Crippen LogP contribution in [0, 0.1) is 5.82 Å². The Morgan fingerprint density at radius 2 is 2.03 bits per heavy atom. The molecular weight excluding hydrogens is 371 g/mol. The van der Waals surface area contributed by atoms with Crippen LogP contribution in [-0.2, 0) is 24.4 Å². The summed E-state index contributed by atoms with van der Waals surface area (Å²) in [5.74, 6) is 0.567. The summed E-state index contributed by atoms with van der Waals surface area (Å²) in [7, 11) is 0. The first kappa shape index (κ1) is 19.9. The number of ether oxygens (including phenoxy) is 1. The molecule has 0 radical (unpaired) electrons. The van der Waals surface area contributed by atoms with Crippen LogP contribution in [0.15, 0.2) is 65.4 Å². The summed E-state index contributed by atoms with van der Waals surface area (Å²) >= 11 is 0. The number of furan rings is 1. The molecule has 3 aromatic rings. The fourth-order valence-electron chi connectivity index (χ4n) is 3.56. The molecule has 1 aromatic carbocycles. The molecule has 5 nitrogen and oxygen atoms in total. The molecule has 1 atom stereocenters. The van der Waals surface area contributed by atoms with E-state index in [4.69, 9.17) is 9.15 Å². The molecule has 0 amide bonds. The van der Waals surface area contributed by atoms with Crippen LogP contribution < -0.4 is 0 Å². The van der Waals surface area contributed by atoms with Crippen LogP contribution in [0.2, 0.25) is 0 Å². The van der Waals surface area contributed by atoms with Gasteiger partial charge < -0.3 is 18.8 Å². The minimum absolute atomic E-state index is 0.185. The largest absolute Gasteiger partial charge is 0.467 e. The summed E-state index contributed by atoms with van der Waals surface area (Å²) < 4.78 is 26.9. The number of nitrogens with zero attached hydrogens (tertiary/aromatic N) is 2. The molecule has 0 saturated heterocycles. The van der Waals surface area contributed by atoms with Gasteiger partial charge in [-0.1, -0.05) is 18.2 Å². The summed E-state index contributed by atoms with van der Waals surface area (Å²) in [5.41, 5.74) is 1.79. The first-order valence-electron chi connectivity index (χ1n) is 10.1. The van der Waals surface area contributed by atoms with Gasteiger partial charge in [-0.2, -0.15) is 0 Å². The van der Waals surface area contributed by atoms with Gasteiger partial charge in [0.05, 0.1) is 25.5 Å². The summed E-state index contributed by atoms with van der Waals surface area (Å²) in [6.07, 6.45) is 5.32. The van der Waals surface area contributed by atoms with Crippen LogP contribution in [0.5, 0.6) is 0 Å². The van der Waals surface area contributed by atoms with Crippen molar-refractivity contribution in [3.63, 3.8) is 0 Å². The van der Waals surface area contributed by atoms with E-state index in [1.807, 2.05) is 36.5 Å². The summed E-state index contributed by atoms with van der Waals surface area (Å²) in [6, 6.07) is 15.1. The van der Waals surface area contributed by atoms with Crippen molar-refractivity contribution in [2.75, 3.05) is 13.2 Å². The molecule has 6 heteroatoms. The van der Waals surface area contributed by atoms with Gasteiger partial charge in [-0.3, -0.25) is 4.90 Å². The number of aliphatic hydroxyl groups is 1. The monoisotopic (exact) mass is 398 g/mol. The molecule has 154 valence electrons. The first-order chi connectivity index (χ1) is 14.2. The van der Waals surface area contributed by atoms with E-state index in [0.29, 0.717) is 31.3 Å². The maximum Gasteiger partial charge on any atom is 0.129 e. The highest BCUT2D eigenvalue weighted by Gasteiger charge is 2.30. The number of hydrogen-bond donors (Lipinski definition) is 1. The van der Waals surface area contributed by atoms with Gasteiger partial charge in [0.1, 0.15) is 18.2 Å². The van der Waals surface area contributed by atoms with E-state index in [-0.39, 0.29) is 12.4 Å². The van der Waals surface area contributed by atoms with E-state index in [0.717, 1.165) is 30.8 Å². The average Bonchev–Trinajstić information content (AvgIpc) is 3.26. The van der Waals surface area contributed by atoms with Crippen molar-refractivity contribution in [1.29, 1.82) is 0 Å². The van der Waals surface area contributed by atoms with E-state index in [1.165, 1.54) is 6.07 Å². The first-order valence-corrected chi connectivity index (χ1v) is 10.1. The second-order valence-corrected chi connectivity index (χ2v) is 7.63. The summed E-state index contributed by atoms with van der Waals surface area (Å²) in [5, 5.41) is 10.4. The van der Waals surface area contributed by atoms with Gasteiger partial charge >= 0.3 is 0 Å². The molecule has 4 rings (SSSR count). The molecule has 1 aliphatic carbocycles. The molecule has 1 aliphatic rings. The Labute approximate surface area is 170 Å². The minimum Gasteiger partial charge on any atom is -0.467 e. The van der Waals surface area contributed by atoms with Crippen molar-refractivity contribution in [2.24, 2.45) is 0 Å². The Bertz CT molecular complexity index is 889. The zero-order valence-electron chi connectivity index (χ0n) is 16.4. The topological polar surface area (TPSA) is 50.8 Å². The standard InChI is InChI=1S/C23H27FN2O3/c24-23-8-2-1-5-18(23)13-25-11-3-6-20(25)14-26(19-9-10-19)15-21(27)16-28-17-22-7-4-12-29-22/h1-8,11-12,19,21,27H,9-10,13-17H2. The number of rotatable bonds is 11. The zero-order chi connectivity index (χ0) is 20.1. The number of benzene rings is 1. The molecule has 0 bridgehead atoms. The third-order valence-corrected chi connectivity index (χ3v) is 5.23. The molecule has 1 unspecified atom stereocenters. The lowest BCUT2D eigenvalue weighted by Gasteiger charge is -2.25. The van der Waals surface area contributed by atoms with Gasteiger partial charge in [0.25, 0.3) is 0 Å². The third-order valence-electron chi connectivity index (χ3n) is 5.23. The molecule has 1 N–H and O–H groups in total. The highest BCUT2D eigenvalue weighted by atomic mass is 19.1. The predicted octanol–water partition coefficient (Wildman–Crippen LogP) is 3.81. The number of aliphatic hydroxyl groups excluding tert-OH is 1. The lowest BCUT2D eigenvalue weighted by Crippen LogP contribution is -2.36. The molecule has 1 fully saturated rings. The van der Waals surface area contributed by atoms with Crippen LogP contribution in [-0.4, -0.2) is 39.9 Å². The Balaban J connectivity index is 1.33. The Hall–Kier alpha value is -2.41. The number of aromatic nitrogens is 1. The lowest BCUT2D eigenvalue weighted by atomic mass is 10.2. The summed E-state index contributed by atoms with van der Waals surface area (Å²) in [6.45, 7) is 2.40. The van der Waals surface area contributed by atoms with Gasteiger partial charge in [0.2, 0.25) is 0 Å². The van der Waals surface area contributed by atoms with Crippen LogP contribution >= 0.6 is 0 Å². The van der Waals surface area contributed by atoms with E-state index in [2.05, 4.69) is 15.5 Å². The van der Waals surface area contributed by atoms with E-state index >= 15 is 0 Å². The smallest absolute Gasteiger partial charge is 0.129 e. The minimum atomic E-state index is -0.569. The van der Waals surface area contributed by atoms with Crippen molar-refractivity contribution < 1.29 is 18.7 Å². The van der Waals surface area contributed by atoms with E-state index in [9.17, 15) is 9.50 Å². The maximum absolute atomic E-state index is 14.0. The quantitative estimate of drug-likeness (QED) is 0.534. The van der Waals surface area contributed by atoms with E-state index in [1.54, 1.807) is 12.3 Å². The molecule has 29 heavy (non-hydrogen) atoms. The van der Waals surface area contributed by atoms with Gasteiger partial charge in [0.15, 0.2) is 0 Å².